The number of hydrogen-bond acceptors (Lipinski definition) is 6. The fourth-order valence-electron chi connectivity index (χ4n) is 3.05. The zero-order valence-corrected chi connectivity index (χ0v) is 16.5. The SMILES string of the molecule is COc1cccc(-c2cc(CSC3NC=CN3)c(-c3ccc(C(=O)O)cc3)o2)c1. The van der Waals surface area contributed by atoms with E-state index in [1.54, 1.807) is 43.1 Å². The molecule has 0 unspecified atom stereocenters. The van der Waals surface area contributed by atoms with Gasteiger partial charge in [0.25, 0.3) is 0 Å². The van der Waals surface area contributed by atoms with E-state index in [1.165, 1.54) is 0 Å². The Morgan fingerprint density at radius 1 is 1.10 bits per heavy atom. The minimum Gasteiger partial charge on any atom is -0.497 e. The number of thioether (sulfide) groups is 1. The zero-order valence-electron chi connectivity index (χ0n) is 15.7. The van der Waals surface area contributed by atoms with Crippen molar-refractivity contribution in [3.8, 4) is 28.4 Å². The quantitative estimate of drug-likeness (QED) is 0.531. The summed E-state index contributed by atoms with van der Waals surface area (Å²) in [5.41, 5.74) is 3.14. The first-order valence-electron chi connectivity index (χ1n) is 9.03. The largest absolute Gasteiger partial charge is 0.497 e. The highest BCUT2D eigenvalue weighted by Crippen LogP contribution is 2.36. The number of carboxylic acids is 1. The Morgan fingerprint density at radius 2 is 1.86 bits per heavy atom. The highest BCUT2D eigenvalue weighted by molar-refractivity contribution is 7.99. The Morgan fingerprint density at radius 3 is 2.55 bits per heavy atom. The fraction of sp³-hybridized carbons (Fsp3) is 0.136. The standard InChI is InChI=1S/C22H20N2O4S/c1-27-18-4-2-3-16(11-18)19-12-17(13-29-22-23-9-10-24-22)20(28-19)14-5-7-15(8-6-14)21(25)26/h2-12,22-24H,13H2,1H3,(H,25,26). The van der Waals surface area contributed by atoms with Gasteiger partial charge in [-0.1, -0.05) is 24.3 Å². The van der Waals surface area contributed by atoms with Gasteiger partial charge in [0.1, 0.15) is 22.8 Å². The van der Waals surface area contributed by atoms with Crippen molar-refractivity contribution in [1.29, 1.82) is 0 Å². The first-order valence-corrected chi connectivity index (χ1v) is 10.1. The summed E-state index contributed by atoms with van der Waals surface area (Å²) in [5.74, 6) is 2.00. The second kappa shape index (κ2) is 8.36. The summed E-state index contributed by atoms with van der Waals surface area (Å²) in [7, 11) is 1.63. The van der Waals surface area contributed by atoms with Crippen LogP contribution in [0.3, 0.4) is 0 Å². The number of aromatic carboxylic acids is 1. The molecular weight excluding hydrogens is 388 g/mol. The van der Waals surface area contributed by atoms with Crippen LogP contribution in [0.5, 0.6) is 5.75 Å². The number of methoxy groups -OCH3 is 1. The Kier molecular flexibility index (Phi) is 5.48. The Balaban J connectivity index is 1.68. The molecule has 0 saturated carbocycles. The number of benzene rings is 2. The van der Waals surface area contributed by atoms with Crippen LogP contribution in [0, 0.1) is 0 Å². The van der Waals surface area contributed by atoms with Gasteiger partial charge in [0.05, 0.1) is 12.7 Å². The van der Waals surface area contributed by atoms with Gasteiger partial charge < -0.3 is 24.9 Å². The van der Waals surface area contributed by atoms with E-state index in [4.69, 9.17) is 14.3 Å². The topological polar surface area (TPSA) is 83.7 Å². The molecule has 7 heteroatoms. The maximum atomic E-state index is 11.2. The number of nitrogens with one attached hydrogen (secondary N) is 2. The van der Waals surface area contributed by atoms with E-state index in [2.05, 4.69) is 10.6 Å². The van der Waals surface area contributed by atoms with E-state index in [9.17, 15) is 4.79 Å². The molecule has 1 aliphatic heterocycles. The van der Waals surface area contributed by atoms with Crippen LogP contribution in [0.1, 0.15) is 15.9 Å². The second-order valence-electron chi connectivity index (χ2n) is 6.44. The van der Waals surface area contributed by atoms with E-state index in [1.807, 2.05) is 42.7 Å². The lowest BCUT2D eigenvalue weighted by molar-refractivity contribution is 0.0697. The highest BCUT2D eigenvalue weighted by Gasteiger charge is 2.18. The molecule has 0 saturated heterocycles. The smallest absolute Gasteiger partial charge is 0.335 e. The van der Waals surface area contributed by atoms with Crippen molar-refractivity contribution in [2.75, 3.05) is 7.11 Å². The number of hydrogen-bond donors (Lipinski definition) is 3. The van der Waals surface area contributed by atoms with Crippen LogP contribution in [0.15, 0.2) is 71.4 Å². The number of ether oxygens (including phenoxy) is 1. The summed E-state index contributed by atoms with van der Waals surface area (Å²) in [5, 5.41) is 15.6. The van der Waals surface area contributed by atoms with Crippen LogP contribution >= 0.6 is 11.8 Å². The molecule has 3 aromatic rings. The van der Waals surface area contributed by atoms with Crippen LogP contribution < -0.4 is 15.4 Å². The van der Waals surface area contributed by atoms with E-state index in [0.29, 0.717) is 0 Å². The van der Waals surface area contributed by atoms with Crippen molar-refractivity contribution >= 4 is 17.7 Å². The molecule has 0 amide bonds. The number of rotatable bonds is 7. The molecule has 0 radical (unpaired) electrons. The first-order chi connectivity index (χ1) is 14.1. The summed E-state index contributed by atoms with van der Waals surface area (Å²) in [6, 6.07) is 16.5. The van der Waals surface area contributed by atoms with Crippen LogP contribution in [-0.4, -0.2) is 23.7 Å². The van der Waals surface area contributed by atoms with Gasteiger partial charge in [0, 0.05) is 34.8 Å². The first kappa shape index (κ1) is 19.0. The highest BCUT2D eigenvalue weighted by atomic mass is 32.2. The van der Waals surface area contributed by atoms with Gasteiger partial charge in [0.2, 0.25) is 0 Å². The maximum absolute atomic E-state index is 11.2. The van der Waals surface area contributed by atoms with Gasteiger partial charge in [-0.3, -0.25) is 0 Å². The van der Waals surface area contributed by atoms with Crippen molar-refractivity contribution in [2.45, 2.75) is 11.3 Å². The lowest BCUT2D eigenvalue weighted by Gasteiger charge is -2.11. The molecule has 0 spiro atoms. The van der Waals surface area contributed by atoms with Crippen molar-refractivity contribution in [1.82, 2.24) is 10.6 Å². The summed E-state index contributed by atoms with van der Waals surface area (Å²) in [6.07, 6.45) is 3.75. The molecule has 3 N–H and O–H groups in total. The van der Waals surface area contributed by atoms with Crippen LogP contribution in [-0.2, 0) is 5.75 Å². The second-order valence-corrected chi connectivity index (χ2v) is 7.53. The van der Waals surface area contributed by atoms with Crippen LogP contribution in [0.4, 0.5) is 0 Å². The molecule has 0 aliphatic carbocycles. The third-order valence-corrected chi connectivity index (χ3v) is 5.62. The molecule has 0 fully saturated rings. The minimum atomic E-state index is -0.949. The van der Waals surface area contributed by atoms with E-state index >= 15 is 0 Å². The van der Waals surface area contributed by atoms with E-state index in [-0.39, 0.29) is 11.1 Å². The van der Waals surface area contributed by atoms with Gasteiger partial charge in [-0.25, -0.2) is 4.79 Å². The minimum absolute atomic E-state index is 0.104. The number of carboxylic acid groups (broad SMARTS) is 1. The number of carbonyl (C=O) groups is 1. The fourth-order valence-corrected chi connectivity index (χ4v) is 3.96. The Bertz CT molecular complexity index is 1040. The average Bonchev–Trinajstić information content (AvgIpc) is 3.42. The van der Waals surface area contributed by atoms with Crippen molar-refractivity contribution in [3.63, 3.8) is 0 Å². The Hall–Kier alpha value is -3.32. The summed E-state index contributed by atoms with van der Waals surface area (Å²) >= 11 is 1.71. The molecule has 1 aromatic heterocycles. The predicted molar refractivity (Wildman–Crippen MR) is 114 cm³/mol. The van der Waals surface area contributed by atoms with Gasteiger partial charge in [-0.05, 0) is 30.3 Å². The average molecular weight is 408 g/mol. The lowest BCUT2D eigenvalue weighted by Crippen LogP contribution is -2.26. The van der Waals surface area contributed by atoms with Crippen molar-refractivity contribution in [2.24, 2.45) is 0 Å². The monoisotopic (exact) mass is 408 g/mol. The van der Waals surface area contributed by atoms with E-state index < -0.39 is 5.97 Å². The molecule has 2 heterocycles. The molecule has 29 heavy (non-hydrogen) atoms. The molecule has 0 bridgehead atoms. The van der Waals surface area contributed by atoms with Gasteiger partial charge in [-0.2, -0.15) is 0 Å². The van der Waals surface area contributed by atoms with E-state index in [0.717, 1.165) is 39.7 Å². The van der Waals surface area contributed by atoms with Gasteiger partial charge in [-0.15, -0.1) is 11.8 Å². The molecule has 1 aliphatic rings. The zero-order chi connectivity index (χ0) is 20.2. The molecule has 148 valence electrons. The van der Waals surface area contributed by atoms with Gasteiger partial charge in [0.15, 0.2) is 0 Å². The lowest BCUT2D eigenvalue weighted by atomic mass is 10.1. The van der Waals surface area contributed by atoms with Gasteiger partial charge >= 0.3 is 5.97 Å². The Labute approximate surface area is 172 Å². The number of furan rings is 1. The molecule has 4 rings (SSSR count). The van der Waals surface area contributed by atoms with Crippen LogP contribution in [0.25, 0.3) is 22.6 Å². The predicted octanol–water partition coefficient (Wildman–Crippen LogP) is 4.50. The van der Waals surface area contributed by atoms with Crippen molar-refractivity contribution < 1.29 is 19.1 Å². The normalized spacial score (nSPS) is 13.1. The maximum Gasteiger partial charge on any atom is 0.335 e. The molecule has 0 atom stereocenters. The summed E-state index contributed by atoms with van der Waals surface area (Å²) in [4.78, 5) is 11.2. The third kappa shape index (κ3) is 4.25. The third-order valence-electron chi connectivity index (χ3n) is 4.54. The molecular formula is C22H20N2O4S. The molecule has 6 nitrogen and oxygen atoms in total. The summed E-state index contributed by atoms with van der Waals surface area (Å²) < 4.78 is 11.6. The van der Waals surface area contributed by atoms with Crippen LogP contribution in [0.2, 0.25) is 0 Å². The molecule has 2 aromatic carbocycles. The summed E-state index contributed by atoms with van der Waals surface area (Å²) in [6.45, 7) is 0. The van der Waals surface area contributed by atoms with Crippen molar-refractivity contribution in [3.05, 3.63) is 78.1 Å².